The van der Waals surface area contributed by atoms with Crippen LogP contribution in [0.25, 0.3) is 5.69 Å². The molecule has 0 fully saturated rings. The second kappa shape index (κ2) is 9.82. The van der Waals surface area contributed by atoms with Crippen molar-refractivity contribution in [2.45, 2.75) is 32.6 Å². The molecule has 0 spiro atoms. The molecule has 1 aromatic heterocycles. The van der Waals surface area contributed by atoms with Crippen LogP contribution in [0.1, 0.15) is 32.9 Å². The Kier molecular flexibility index (Phi) is 7.28. The number of aryl methyl sites for hydroxylation is 3. The van der Waals surface area contributed by atoms with Gasteiger partial charge in [-0.25, -0.2) is 17.5 Å². The van der Waals surface area contributed by atoms with Crippen molar-refractivity contribution in [1.29, 1.82) is 0 Å². The van der Waals surface area contributed by atoms with Gasteiger partial charge >= 0.3 is 5.97 Å². The number of aromatic nitrogens is 1. The second-order valence-corrected chi connectivity index (χ2v) is 10.5. The number of sulfonamides is 1. The molecule has 0 saturated carbocycles. The first-order valence-corrected chi connectivity index (χ1v) is 12.1. The van der Waals surface area contributed by atoms with Gasteiger partial charge in [-0.05, 0) is 63.6 Å². The van der Waals surface area contributed by atoms with Crippen LogP contribution in [-0.4, -0.2) is 49.9 Å². The van der Waals surface area contributed by atoms with Gasteiger partial charge in [0.05, 0.1) is 10.5 Å². The molecule has 2 aromatic carbocycles. The predicted molar refractivity (Wildman–Crippen MR) is 131 cm³/mol. The molecular formula is C25H29N3O5S. The predicted octanol–water partition coefficient (Wildman–Crippen LogP) is 3.76. The third-order valence-corrected chi connectivity index (χ3v) is 7.47. The number of nitrogens with zero attached hydrogens (tertiary/aromatic N) is 2. The minimum Gasteiger partial charge on any atom is -0.452 e. The molecule has 3 rings (SSSR count). The van der Waals surface area contributed by atoms with Crippen molar-refractivity contribution in [1.82, 2.24) is 8.87 Å². The van der Waals surface area contributed by atoms with Crippen LogP contribution >= 0.6 is 0 Å². The van der Waals surface area contributed by atoms with E-state index in [1.165, 1.54) is 20.2 Å². The topological polar surface area (TPSA) is 97.7 Å². The van der Waals surface area contributed by atoms with Gasteiger partial charge in [-0.3, -0.25) is 4.79 Å². The maximum absolute atomic E-state index is 12.7. The first kappa shape index (κ1) is 25.2. The summed E-state index contributed by atoms with van der Waals surface area (Å²) in [7, 11) is -0.786. The molecule has 3 aromatic rings. The number of nitrogens with one attached hydrogen (secondary N) is 1. The average Bonchev–Trinajstić information content (AvgIpc) is 3.08. The van der Waals surface area contributed by atoms with E-state index >= 15 is 0 Å². The van der Waals surface area contributed by atoms with E-state index in [1.54, 1.807) is 25.1 Å². The van der Waals surface area contributed by atoms with Crippen molar-refractivity contribution >= 4 is 27.6 Å². The van der Waals surface area contributed by atoms with Gasteiger partial charge in [-0.15, -0.1) is 0 Å². The first-order valence-electron chi connectivity index (χ1n) is 10.7. The van der Waals surface area contributed by atoms with E-state index in [-0.39, 0.29) is 4.90 Å². The fourth-order valence-electron chi connectivity index (χ4n) is 3.62. The third kappa shape index (κ3) is 5.21. The number of ether oxygens (including phenoxy) is 1. The van der Waals surface area contributed by atoms with Gasteiger partial charge in [-0.1, -0.05) is 23.8 Å². The number of carbonyl (C=O) groups is 2. The number of rotatable bonds is 7. The largest absolute Gasteiger partial charge is 0.452 e. The van der Waals surface area contributed by atoms with Gasteiger partial charge in [0.15, 0.2) is 6.61 Å². The number of benzene rings is 2. The molecule has 9 heteroatoms. The Labute approximate surface area is 200 Å². The lowest BCUT2D eigenvalue weighted by Gasteiger charge is -2.15. The quantitative estimate of drug-likeness (QED) is 0.516. The van der Waals surface area contributed by atoms with Crippen molar-refractivity contribution < 1.29 is 22.7 Å². The lowest BCUT2D eigenvalue weighted by atomic mass is 10.2. The molecule has 0 aliphatic carbocycles. The van der Waals surface area contributed by atoms with Crippen LogP contribution in [0.15, 0.2) is 53.4 Å². The smallest absolute Gasteiger partial charge is 0.340 e. The summed E-state index contributed by atoms with van der Waals surface area (Å²) in [5, 5.41) is 2.59. The normalized spacial score (nSPS) is 11.5. The van der Waals surface area contributed by atoms with Crippen molar-refractivity contribution in [2.24, 2.45) is 0 Å². The number of esters is 1. The Hall–Kier alpha value is -3.43. The van der Waals surface area contributed by atoms with Crippen LogP contribution < -0.4 is 5.32 Å². The van der Waals surface area contributed by atoms with E-state index in [0.29, 0.717) is 22.5 Å². The molecule has 0 aliphatic rings. The zero-order chi connectivity index (χ0) is 25.2. The molecule has 180 valence electrons. The molecule has 1 heterocycles. The lowest BCUT2D eigenvalue weighted by Crippen LogP contribution is -2.24. The Morgan fingerprint density at radius 3 is 2.24 bits per heavy atom. The summed E-state index contributed by atoms with van der Waals surface area (Å²) in [6.07, 6.45) is 0. The van der Waals surface area contributed by atoms with Gasteiger partial charge < -0.3 is 14.6 Å². The fourth-order valence-corrected chi connectivity index (χ4v) is 4.76. The number of anilines is 1. The van der Waals surface area contributed by atoms with E-state index < -0.39 is 28.5 Å². The van der Waals surface area contributed by atoms with Gasteiger partial charge in [0.25, 0.3) is 5.91 Å². The van der Waals surface area contributed by atoms with Crippen molar-refractivity contribution in [2.75, 3.05) is 26.0 Å². The minimum atomic E-state index is -3.67. The maximum Gasteiger partial charge on any atom is 0.340 e. The van der Waals surface area contributed by atoms with Crippen LogP contribution in [0.4, 0.5) is 5.69 Å². The first-order chi connectivity index (χ1) is 15.9. The Balaban J connectivity index is 1.70. The van der Waals surface area contributed by atoms with Crippen LogP contribution in [-0.2, 0) is 19.6 Å². The third-order valence-electron chi connectivity index (χ3n) is 5.51. The monoisotopic (exact) mass is 483 g/mol. The van der Waals surface area contributed by atoms with Crippen molar-refractivity contribution in [3.05, 3.63) is 76.6 Å². The van der Waals surface area contributed by atoms with E-state index in [0.717, 1.165) is 21.2 Å². The van der Waals surface area contributed by atoms with E-state index in [4.69, 9.17) is 4.74 Å². The summed E-state index contributed by atoms with van der Waals surface area (Å²) in [5.74, 6) is -1.18. The highest BCUT2D eigenvalue weighted by atomic mass is 32.2. The highest BCUT2D eigenvalue weighted by Crippen LogP contribution is 2.23. The Morgan fingerprint density at radius 2 is 1.62 bits per heavy atom. The van der Waals surface area contributed by atoms with Crippen LogP contribution in [0.3, 0.4) is 0 Å². The summed E-state index contributed by atoms with van der Waals surface area (Å²) in [6, 6.07) is 14.3. The average molecular weight is 484 g/mol. The second-order valence-electron chi connectivity index (χ2n) is 8.35. The fraction of sp³-hybridized carbons (Fsp3) is 0.280. The highest BCUT2D eigenvalue weighted by Gasteiger charge is 2.21. The highest BCUT2D eigenvalue weighted by molar-refractivity contribution is 7.89. The van der Waals surface area contributed by atoms with E-state index in [2.05, 4.69) is 5.32 Å². The Bertz CT molecular complexity index is 1340. The van der Waals surface area contributed by atoms with Crippen LogP contribution in [0, 0.1) is 27.7 Å². The lowest BCUT2D eigenvalue weighted by molar-refractivity contribution is -0.119. The van der Waals surface area contributed by atoms with Gasteiger partial charge in [-0.2, -0.15) is 0 Å². The maximum atomic E-state index is 12.7. The molecule has 1 N–H and O–H groups in total. The van der Waals surface area contributed by atoms with Crippen LogP contribution in [0.2, 0.25) is 0 Å². The van der Waals surface area contributed by atoms with Crippen molar-refractivity contribution in [3.8, 4) is 5.69 Å². The number of amides is 1. The molecule has 0 atom stereocenters. The van der Waals surface area contributed by atoms with E-state index in [1.807, 2.05) is 49.6 Å². The molecule has 34 heavy (non-hydrogen) atoms. The number of carbonyl (C=O) groups excluding carboxylic acids is 2. The summed E-state index contributed by atoms with van der Waals surface area (Å²) in [5.41, 5.74) is 4.88. The summed E-state index contributed by atoms with van der Waals surface area (Å²) < 4.78 is 33.3. The molecule has 0 radical (unpaired) electrons. The van der Waals surface area contributed by atoms with Gasteiger partial charge in [0.2, 0.25) is 10.0 Å². The molecule has 0 aliphatic heterocycles. The molecule has 0 unspecified atom stereocenters. The van der Waals surface area contributed by atoms with Crippen molar-refractivity contribution in [3.63, 3.8) is 0 Å². The van der Waals surface area contributed by atoms with Gasteiger partial charge in [0, 0.05) is 36.9 Å². The summed E-state index contributed by atoms with van der Waals surface area (Å²) in [4.78, 5) is 25.2. The summed E-state index contributed by atoms with van der Waals surface area (Å²) >= 11 is 0. The number of hydrogen-bond donors (Lipinski definition) is 1. The molecule has 1 amide bonds. The standard InChI is InChI=1S/C25H29N3O5S/c1-16-7-11-21(12-8-16)28-18(3)13-22(19(28)4)25(30)33-15-24(29)26-20-10-9-17(2)23(14-20)34(31,32)27(5)6/h7-14H,15H2,1-6H3,(H,26,29). The van der Waals surface area contributed by atoms with E-state index in [9.17, 15) is 18.0 Å². The molecule has 0 bridgehead atoms. The van der Waals surface area contributed by atoms with Crippen LogP contribution in [0.5, 0.6) is 0 Å². The number of hydrogen-bond acceptors (Lipinski definition) is 5. The molecule has 8 nitrogen and oxygen atoms in total. The summed E-state index contributed by atoms with van der Waals surface area (Å²) in [6.45, 7) is 6.90. The molecule has 0 saturated heterocycles. The SMILES string of the molecule is Cc1ccc(-n2c(C)cc(C(=O)OCC(=O)Nc3ccc(C)c(S(=O)(=O)N(C)C)c3)c2C)cc1. The zero-order valence-corrected chi connectivity index (χ0v) is 21.0. The van der Waals surface area contributed by atoms with Gasteiger partial charge in [0.1, 0.15) is 0 Å². The Morgan fingerprint density at radius 1 is 0.971 bits per heavy atom. The zero-order valence-electron chi connectivity index (χ0n) is 20.2. The minimum absolute atomic E-state index is 0.0934. The molecular weight excluding hydrogens is 454 g/mol.